The number of aromatic nitrogens is 5. The Morgan fingerprint density at radius 1 is 1.16 bits per heavy atom. The Morgan fingerprint density at radius 3 is 2.84 bits per heavy atom. The average Bonchev–Trinajstić information content (AvgIpc) is 3.20. The second-order valence-electron chi connectivity index (χ2n) is 5.53. The number of hydrogen-bond acceptors (Lipinski definition) is 6. The first-order chi connectivity index (χ1) is 12.1. The number of thiazole rings is 1. The molecule has 0 aliphatic rings. The fraction of sp³-hybridized carbons (Fsp3) is 0.176. The topological polar surface area (TPSA) is 56.0 Å². The van der Waals surface area contributed by atoms with Gasteiger partial charge in [0.1, 0.15) is 10.8 Å². The van der Waals surface area contributed by atoms with Crippen LogP contribution in [-0.4, -0.2) is 24.6 Å². The van der Waals surface area contributed by atoms with Crippen molar-refractivity contribution in [2.45, 2.75) is 24.8 Å². The van der Waals surface area contributed by atoms with Gasteiger partial charge in [-0.1, -0.05) is 41.6 Å². The molecule has 0 amide bonds. The summed E-state index contributed by atoms with van der Waals surface area (Å²) in [6.45, 7) is 3.92. The van der Waals surface area contributed by atoms with Gasteiger partial charge in [-0.2, -0.15) is 0 Å². The summed E-state index contributed by atoms with van der Waals surface area (Å²) in [5.74, 6) is 1.60. The van der Waals surface area contributed by atoms with E-state index in [4.69, 9.17) is 16.6 Å². The maximum Gasteiger partial charge on any atom is 0.197 e. The maximum absolute atomic E-state index is 6.25. The van der Waals surface area contributed by atoms with Crippen molar-refractivity contribution in [3.05, 3.63) is 57.9 Å². The number of nitrogens with zero attached hydrogens (tertiary/aromatic N) is 5. The monoisotopic (exact) mass is 387 g/mol. The summed E-state index contributed by atoms with van der Waals surface area (Å²) in [6, 6.07) is 9.69. The second-order valence-corrected chi connectivity index (χ2v) is 7.74. The lowest BCUT2D eigenvalue weighted by molar-refractivity contribution is 0.854. The summed E-state index contributed by atoms with van der Waals surface area (Å²) in [7, 11) is 0. The molecule has 0 spiro atoms. The van der Waals surface area contributed by atoms with Crippen LogP contribution in [0.4, 0.5) is 0 Å². The fourth-order valence-corrected chi connectivity index (χ4v) is 4.69. The van der Waals surface area contributed by atoms with Crippen molar-refractivity contribution in [3.8, 4) is 10.6 Å². The lowest BCUT2D eigenvalue weighted by Gasteiger charge is -2.03. The number of hydrogen-bond donors (Lipinski definition) is 0. The molecule has 25 heavy (non-hydrogen) atoms. The number of rotatable bonds is 4. The van der Waals surface area contributed by atoms with Crippen molar-refractivity contribution in [1.82, 2.24) is 24.6 Å². The minimum atomic E-state index is 0.717. The molecule has 0 bridgehead atoms. The molecule has 0 N–H and O–H groups in total. The van der Waals surface area contributed by atoms with Crippen LogP contribution in [0.2, 0.25) is 5.02 Å². The SMILES string of the molecule is Cc1cc2nnc(SCc3csc(-c4ccccc4Cl)n3)n2c(C)n1. The van der Waals surface area contributed by atoms with Crippen LogP contribution in [0.25, 0.3) is 16.2 Å². The molecule has 126 valence electrons. The van der Waals surface area contributed by atoms with Crippen LogP contribution in [0.1, 0.15) is 17.2 Å². The molecule has 4 aromatic rings. The third-order valence-electron chi connectivity index (χ3n) is 3.66. The van der Waals surface area contributed by atoms with Gasteiger partial charge in [0.05, 0.1) is 10.7 Å². The third kappa shape index (κ3) is 3.27. The van der Waals surface area contributed by atoms with Gasteiger partial charge in [-0.25, -0.2) is 9.97 Å². The number of halogens is 1. The van der Waals surface area contributed by atoms with Crippen LogP contribution in [0.3, 0.4) is 0 Å². The first kappa shape index (κ1) is 16.5. The minimum Gasteiger partial charge on any atom is -0.258 e. The van der Waals surface area contributed by atoms with E-state index in [1.165, 1.54) is 0 Å². The summed E-state index contributed by atoms with van der Waals surface area (Å²) >= 11 is 9.46. The summed E-state index contributed by atoms with van der Waals surface area (Å²) in [5, 5.41) is 13.1. The zero-order valence-electron chi connectivity index (χ0n) is 13.6. The number of fused-ring (bicyclic) bond motifs is 1. The molecular formula is C17H14ClN5S2. The van der Waals surface area contributed by atoms with Crippen molar-refractivity contribution < 1.29 is 0 Å². The van der Waals surface area contributed by atoms with Gasteiger partial charge < -0.3 is 0 Å². The molecule has 0 radical (unpaired) electrons. The Morgan fingerprint density at radius 2 is 2.00 bits per heavy atom. The molecular weight excluding hydrogens is 374 g/mol. The largest absolute Gasteiger partial charge is 0.258 e. The van der Waals surface area contributed by atoms with Crippen LogP contribution in [-0.2, 0) is 5.75 Å². The van der Waals surface area contributed by atoms with Gasteiger partial charge in [-0.15, -0.1) is 21.5 Å². The van der Waals surface area contributed by atoms with E-state index >= 15 is 0 Å². The van der Waals surface area contributed by atoms with Crippen LogP contribution in [0.15, 0.2) is 40.9 Å². The molecule has 8 heteroatoms. The van der Waals surface area contributed by atoms with E-state index in [0.29, 0.717) is 0 Å². The van der Waals surface area contributed by atoms with Crippen LogP contribution >= 0.6 is 34.7 Å². The average molecular weight is 388 g/mol. The van der Waals surface area contributed by atoms with Crippen molar-refractivity contribution in [1.29, 1.82) is 0 Å². The highest BCUT2D eigenvalue weighted by Gasteiger charge is 2.12. The zero-order valence-corrected chi connectivity index (χ0v) is 16.0. The van der Waals surface area contributed by atoms with Crippen molar-refractivity contribution in [2.75, 3.05) is 0 Å². The van der Waals surface area contributed by atoms with Gasteiger partial charge in [0.25, 0.3) is 0 Å². The molecule has 0 aliphatic carbocycles. The van der Waals surface area contributed by atoms with Gasteiger partial charge >= 0.3 is 0 Å². The summed E-state index contributed by atoms with van der Waals surface area (Å²) in [6.07, 6.45) is 0. The van der Waals surface area contributed by atoms with E-state index in [9.17, 15) is 0 Å². The van der Waals surface area contributed by atoms with E-state index in [0.717, 1.165) is 49.4 Å². The Labute approximate surface area is 158 Å². The highest BCUT2D eigenvalue weighted by atomic mass is 35.5. The Hall–Kier alpha value is -1.96. The first-order valence-corrected chi connectivity index (χ1v) is 9.87. The van der Waals surface area contributed by atoms with Crippen molar-refractivity contribution >= 4 is 40.3 Å². The molecule has 0 saturated heterocycles. The third-order valence-corrected chi connectivity index (χ3v) is 5.88. The molecule has 0 saturated carbocycles. The number of aryl methyl sites for hydroxylation is 2. The zero-order chi connectivity index (χ0) is 17.4. The minimum absolute atomic E-state index is 0.717. The van der Waals surface area contributed by atoms with Crippen LogP contribution < -0.4 is 0 Å². The molecule has 1 aromatic carbocycles. The fourth-order valence-electron chi connectivity index (χ4n) is 2.57. The lowest BCUT2D eigenvalue weighted by Crippen LogP contribution is -1.98. The standard InChI is InChI=1S/C17H14ClN5S2/c1-10-7-15-21-22-17(23(15)11(2)19-10)25-9-12-8-24-16(20-12)13-5-3-4-6-14(13)18/h3-8H,9H2,1-2H3. The molecule has 5 nitrogen and oxygen atoms in total. The lowest BCUT2D eigenvalue weighted by atomic mass is 10.2. The summed E-state index contributed by atoms with van der Waals surface area (Å²) in [5.41, 5.74) is 3.73. The Bertz CT molecular complexity index is 1060. The highest BCUT2D eigenvalue weighted by Crippen LogP contribution is 2.31. The maximum atomic E-state index is 6.25. The van der Waals surface area contributed by atoms with E-state index in [1.807, 2.05) is 48.6 Å². The number of thioether (sulfide) groups is 1. The highest BCUT2D eigenvalue weighted by molar-refractivity contribution is 7.98. The molecule has 0 atom stereocenters. The van der Waals surface area contributed by atoms with Crippen LogP contribution in [0.5, 0.6) is 0 Å². The molecule has 3 heterocycles. The van der Waals surface area contributed by atoms with Gasteiger partial charge in [-0.3, -0.25) is 4.40 Å². The molecule has 0 aliphatic heterocycles. The quantitative estimate of drug-likeness (QED) is 0.470. The Balaban J connectivity index is 1.56. The van der Waals surface area contributed by atoms with Crippen molar-refractivity contribution in [2.24, 2.45) is 0 Å². The Kier molecular flexibility index (Phi) is 4.45. The normalized spacial score (nSPS) is 11.3. The van der Waals surface area contributed by atoms with Crippen molar-refractivity contribution in [3.63, 3.8) is 0 Å². The smallest absolute Gasteiger partial charge is 0.197 e. The summed E-state index contributed by atoms with van der Waals surface area (Å²) in [4.78, 5) is 9.18. The van der Waals surface area contributed by atoms with E-state index in [1.54, 1.807) is 23.1 Å². The predicted octanol–water partition coefficient (Wildman–Crippen LogP) is 4.81. The number of benzene rings is 1. The summed E-state index contributed by atoms with van der Waals surface area (Å²) < 4.78 is 1.97. The van der Waals surface area contributed by atoms with Gasteiger partial charge in [0.15, 0.2) is 10.8 Å². The van der Waals surface area contributed by atoms with Gasteiger partial charge in [-0.05, 0) is 19.9 Å². The predicted molar refractivity (Wildman–Crippen MR) is 102 cm³/mol. The van der Waals surface area contributed by atoms with E-state index in [2.05, 4.69) is 20.6 Å². The first-order valence-electron chi connectivity index (χ1n) is 7.63. The molecule has 0 unspecified atom stereocenters. The van der Waals surface area contributed by atoms with Crippen LogP contribution in [0, 0.1) is 13.8 Å². The van der Waals surface area contributed by atoms with E-state index < -0.39 is 0 Å². The second kappa shape index (κ2) is 6.74. The molecule has 0 fully saturated rings. The molecule has 3 aromatic heterocycles. The van der Waals surface area contributed by atoms with Gasteiger partial charge in [0, 0.05) is 28.5 Å². The van der Waals surface area contributed by atoms with Gasteiger partial charge in [0.2, 0.25) is 0 Å². The van der Waals surface area contributed by atoms with E-state index in [-0.39, 0.29) is 0 Å². The molecule has 4 rings (SSSR count).